The standard InChI is InChI=1S/C24H25ClO8/c1-5-10-8-32-22-9(2)17(27)11(19(29)15(22)18(10)28)6-12-20(30)16(25)21(31)14-13(26)7-24(3,4)33-23(12)14/h10,27,29-31H,5-8H2,1-4H3. The van der Waals surface area contributed by atoms with Crippen molar-refractivity contribution in [3.8, 4) is 34.5 Å². The number of carbonyl (C=O) groups excluding carboxylic acids is 2. The molecule has 0 spiro atoms. The smallest absolute Gasteiger partial charge is 0.176 e. The molecular weight excluding hydrogens is 452 g/mol. The maximum Gasteiger partial charge on any atom is 0.176 e. The van der Waals surface area contributed by atoms with Crippen LogP contribution in [0.4, 0.5) is 0 Å². The second-order valence-electron chi connectivity index (χ2n) is 9.12. The van der Waals surface area contributed by atoms with Crippen LogP contribution in [0.3, 0.4) is 0 Å². The van der Waals surface area contributed by atoms with Gasteiger partial charge in [-0.2, -0.15) is 0 Å². The van der Waals surface area contributed by atoms with E-state index >= 15 is 0 Å². The molecule has 176 valence electrons. The van der Waals surface area contributed by atoms with Gasteiger partial charge in [0.05, 0.1) is 18.9 Å². The number of Topliss-reactive ketones (excluding diaryl/α,β-unsaturated/α-hetero) is 2. The van der Waals surface area contributed by atoms with Gasteiger partial charge in [0.1, 0.15) is 50.5 Å². The highest BCUT2D eigenvalue weighted by molar-refractivity contribution is 6.34. The summed E-state index contributed by atoms with van der Waals surface area (Å²) in [6.07, 6.45) is 0.167. The number of fused-ring (bicyclic) bond motifs is 2. The molecule has 0 fully saturated rings. The lowest BCUT2D eigenvalue weighted by atomic mass is 9.86. The number of hydrogen-bond donors (Lipinski definition) is 4. The lowest BCUT2D eigenvalue weighted by molar-refractivity contribution is 0.0606. The molecule has 0 bridgehead atoms. The van der Waals surface area contributed by atoms with Crippen LogP contribution in [-0.4, -0.2) is 44.2 Å². The fraction of sp³-hybridized carbons (Fsp3) is 0.417. The van der Waals surface area contributed by atoms with Crippen LogP contribution in [0, 0.1) is 12.8 Å². The Balaban J connectivity index is 1.95. The van der Waals surface area contributed by atoms with Crippen molar-refractivity contribution >= 4 is 23.2 Å². The molecule has 0 aromatic heterocycles. The molecule has 0 saturated heterocycles. The van der Waals surface area contributed by atoms with E-state index < -0.39 is 39.6 Å². The summed E-state index contributed by atoms with van der Waals surface area (Å²) in [7, 11) is 0. The van der Waals surface area contributed by atoms with Crippen LogP contribution in [0.1, 0.15) is 71.0 Å². The van der Waals surface area contributed by atoms with E-state index in [-0.39, 0.29) is 70.3 Å². The van der Waals surface area contributed by atoms with E-state index in [1.54, 1.807) is 20.8 Å². The van der Waals surface area contributed by atoms with Crippen molar-refractivity contribution in [2.75, 3.05) is 6.61 Å². The van der Waals surface area contributed by atoms with E-state index in [1.807, 2.05) is 6.92 Å². The third-order valence-electron chi connectivity index (χ3n) is 6.31. The van der Waals surface area contributed by atoms with Crippen molar-refractivity contribution < 1.29 is 39.5 Å². The second-order valence-corrected chi connectivity index (χ2v) is 9.50. The molecule has 2 heterocycles. The number of phenolic OH excluding ortho intramolecular Hbond substituents is 4. The summed E-state index contributed by atoms with van der Waals surface area (Å²) >= 11 is 6.10. The van der Waals surface area contributed by atoms with Gasteiger partial charge in [-0.05, 0) is 27.2 Å². The summed E-state index contributed by atoms with van der Waals surface area (Å²) in [6, 6.07) is 0. The number of ketones is 2. The van der Waals surface area contributed by atoms with Gasteiger partial charge in [-0.25, -0.2) is 0 Å². The minimum Gasteiger partial charge on any atom is -0.507 e. The van der Waals surface area contributed by atoms with Crippen LogP contribution in [0.25, 0.3) is 0 Å². The highest BCUT2D eigenvalue weighted by Crippen LogP contribution is 2.52. The zero-order chi connectivity index (χ0) is 24.4. The van der Waals surface area contributed by atoms with Crippen molar-refractivity contribution in [2.24, 2.45) is 5.92 Å². The molecule has 2 aliphatic heterocycles. The first-order valence-electron chi connectivity index (χ1n) is 10.6. The van der Waals surface area contributed by atoms with Gasteiger partial charge in [0.2, 0.25) is 0 Å². The van der Waals surface area contributed by atoms with E-state index in [1.165, 1.54) is 0 Å². The van der Waals surface area contributed by atoms with Crippen molar-refractivity contribution in [1.29, 1.82) is 0 Å². The second kappa shape index (κ2) is 7.73. The van der Waals surface area contributed by atoms with Crippen molar-refractivity contribution in [2.45, 2.75) is 52.6 Å². The number of phenols is 4. The number of rotatable bonds is 3. The molecule has 8 nitrogen and oxygen atoms in total. The average Bonchev–Trinajstić information content (AvgIpc) is 2.74. The topological polar surface area (TPSA) is 134 Å². The Bertz CT molecular complexity index is 1210. The van der Waals surface area contributed by atoms with Gasteiger partial charge in [0.25, 0.3) is 0 Å². The fourth-order valence-corrected chi connectivity index (χ4v) is 4.66. The summed E-state index contributed by atoms with van der Waals surface area (Å²) < 4.78 is 11.6. The van der Waals surface area contributed by atoms with E-state index in [4.69, 9.17) is 21.1 Å². The summed E-state index contributed by atoms with van der Waals surface area (Å²) in [5.74, 6) is -3.09. The van der Waals surface area contributed by atoms with Crippen molar-refractivity contribution in [3.05, 3.63) is 32.8 Å². The Kier molecular flexibility index (Phi) is 5.40. The molecular formula is C24H25ClO8. The van der Waals surface area contributed by atoms with Gasteiger partial charge in [-0.15, -0.1) is 0 Å². The first kappa shape index (κ1) is 23.0. The summed E-state index contributed by atoms with van der Waals surface area (Å²) in [5.41, 5.74) is -0.940. The number of hydrogen-bond acceptors (Lipinski definition) is 8. The van der Waals surface area contributed by atoms with Crippen molar-refractivity contribution in [1.82, 2.24) is 0 Å². The van der Waals surface area contributed by atoms with Crippen LogP contribution in [0.2, 0.25) is 5.02 Å². The molecule has 4 rings (SSSR count). The predicted octanol–water partition coefficient (Wildman–Crippen LogP) is 4.41. The van der Waals surface area contributed by atoms with Gasteiger partial charge in [0, 0.05) is 23.1 Å². The normalized spacial score (nSPS) is 18.9. The zero-order valence-corrected chi connectivity index (χ0v) is 19.5. The average molecular weight is 477 g/mol. The zero-order valence-electron chi connectivity index (χ0n) is 18.7. The SMILES string of the molecule is CCC1COc2c(C)c(O)c(Cc3c(O)c(Cl)c(O)c4c3OC(C)(C)CC4=O)c(O)c2C1=O. The molecule has 0 radical (unpaired) electrons. The Morgan fingerprint density at radius 1 is 0.970 bits per heavy atom. The molecule has 2 aromatic rings. The molecule has 0 saturated carbocycles. The summed E-state index contributed by atoms with van der Waals surface area (Å²) in [4.78, 5) is 25.7. The van der Waals surface area contributed by atoms with E-state index in [0.717, 1.165) is 0 Å². The minimum absolute atomic E-state index is 0.00454. The van der Waals surface area contributed by atoms with Crippen LogP contribution in [0.15, 0.2) is 0 Å². The largest absolute Gasteiger partial charge is 0.507 e. The summed E-state index contributed by atoms with van der Waals surface area (Å²) in [5, 5.41) is 42.6. The monoisotopic (exact) mass is 476 g/mol. The van der Waals surface area contributed by atoms with Crippen LogP contribution in [-0.2, 0) is 6.42 Å². The minimum atomic E-state index is -0.931. The lowest BCUT2D eigenvalue weighted by Crippen LogP contribution is -2.36. The van der Waals surface area contributed by atoms with Crippen molar-refractivity contribution in [3.63, 3.8) is 0 Å². The first-order chi connectivity index (χ1) is 15.4. The molecule has 0 aliphatic carbocycles. The Morgan fingerprint density at radius 3 is 2.27 bits per heavy atom. The highest BCUT2D eigenvalue weighted by atomic mass is 35.5. The van der Waals surface area contributed by atoms with Gasteiger partial charge in [0.15, 0.2) is 17.3 Å². The molecule has 2 aromatic carbocycles. The van der Waals surface area contributed by atoms with Gasteiger partial charge < -0.3 is 29.9 Å². The molecule has 0 amide bonds. The summed E-state index contributed by atoms with van der Waals surface area (Å²) in [6.45, 7) is 6.90. The molecule has 1 atom stereocenters. The third kappa shape index (κ3) is 3.44. The molecule has 2 aliphatic rings. The molecule has 4 N–H and O–H groups in total. The van der Waals surface area contributed by atoms with E-state index in [2.05, 4.69) is 0 Å². The number of aromatic hydroxyl groups is 4. The Morgan fingerprint density at radius 2 is 1.64 bits per heavy atom. The number of halogens is 1. The molecule has 1 unspecified atom stereocenters. The van der Waals surface area contributed by atoms with E-state index in [9.17, 15) is 30.0 Å². The van der Waals surface area contributed by atoms with E-state index in [0.29, 0.717) is 6.42 Å². The fourth-order valence-electron chi connectivity index (χ4n) is 4.46. The molecule has 9 heteroatoms. The number of carbonyl (C=O) groups is 2. The van der Waals surface area contributed by atoms with Gasteiger partial charge >= 0.3 is 0 Å². The Hall–Kier alpha value is -3.13. The predicted molar refractivity (Wildman–Crippen MR) is 119 cm³/mol. The van der Waals surface area contributed by atoms with Gasteiger partial charge in [-0.1, -0.05) is 18.5 Å². The third-order valence-corrected chi connectivity index (χ3v) is 6.66. The maximum atomic E-state index is 13.0. The van der Waals surface area contributed by atoms with Crippen LogP contribution < -0.4 is 9.47 Å². The lowest BCUT2D eigenvalue weighted by Gasteiger charge is -2.34. The van der Waals surface area contributed by atoms with Crippen LogP contribution >= 0.6 is 11.6 Å². The van der Waals surface area contributed by atoms with Gasteiger partial charge in [-0.3, -0.25) is 9.59 Å². The maximum absolute atomic E-state index is 13.0. The first-order valence-corrected chi connectivity index (χ1v) is 11.0. The number of benzene rings is 2. The Labute approximate surface area is 195 Å². The van der Waals surface area contributed by atoms with Crippen LogP contribution in [0.5, 0.6) is 34.5 Å². The number of ether oxygens (including phenoxy) is 2. The molecule has 33 heavy (non-hydrogen) atoms. The quantitative estimate of drug-likeness (QED) is 0.512. The highest BCUT2D eigenvalue weighted by Gasteiger charge is 2.40.